The number of nitrogen functional groups attached to an aromatic ring is 1. The van der Waals surface area contributed by atoms with Gasteiger partial charge in [0.15, 0.2) is 0 Å². The van der Waals surface area contributed by atoms with E-state index in [0.717, 1.165) is 46.3 Å². The van der Waals surface area contributed by atoms with Crippen molar-refractivity contribution in [3.8, 4) is 11.1 Å². The molecule has 1 amide bonds. The van der Waals surface area contributed by atoms with Gasteiger partial charge in [-0.2, -0.15) is 0 Å². The molecule has 0 unspecified atom stereocenters. The molecule has 1 aromatic carbocycles. The maximum Gasteiger partial charge on any atom is 0.267 e. The molecule has 4 aromatic rings. The number of hydrogen-bond acceptors (Lipinski definition) is 5. The molecule has 0 spiro atoms. The van der Waals surface area contributed by atoms with E-state index < -0.39 is 0 Å². The fourth-order valence-corrected chi connectivity index (χ4v) is 5.11. The molecule has 0 fully saturated rings. The van der Waals surface area contributed by atoms with E-state index in [1.165, 1.54) is 16.9 Å². The number of pyridine rings is 2. The van der Waals surface area contributed by atoms with Gasteiger partial charge in [-0.05, 0) is 49.1 Å². The van der Waals surface area contributed by atoms with E-state index in [9.17, 15) is 4.79 Å². The van der Waals surface area contributed by atoms with E-state index in [1.54, 1.807) is 30.5 Å². The first-order chi connectivity index (χ1) is 14.1. The van der Waals surface area contributed by atoms with E-state index in [2.05, 4.69) is 10.3 Å². The zero-order chi connectivity index (χ0) is 20.0. The lowest BCUT2D eigenvalue weighted by Crippen LogP contribution is -2.11. The Morgan fingerprint density at radius 2 is 2.10 bits per heavy atom. The first kappa shape index (κ1) is 18.1. The second-order valence-electron chi connectivity index (χ2n) is 7.00. The molecule has 0 atom stereocenters. The third-order valence-electron chi connectivity index (χ3n) is 5.14. The van der Waals surface area contributed by atoms with Gasteiger partial charge in [-0.25, -0.2) is 4.98 Å². The lowest BCUT2D eigenvalue weighted by atomic mass is 9.97. The van der Waals surface area contributed by atoms with Crippen LogP contribution in [0.4, 0.5) is 11.4 Å². The second kappa shape index (κ2) is 7.13. The summed E-state index contributed by atoms with van der Waals surface area (Å²) in [4.78, 5) is 23.3. The highest BCUT2D eigenvalue weighted by molar-refractivity contribution is 7.21. The summed E-state index contributed by atoms with van der Waals surface area (Å²) in [5, 5.41) is 4.29. The van der Waals surface area contributed by atoms with Crippen LogP contribution in [0, 0.1) is 0 Å². The fourth-order valence-electron chi connectivity index (χ4n) is 3.90. The van der Waals surface area contributed by atoms with Crippen molar-refractivity contribution < 1.29 is 4.79 Å². The fraction of sp³-hybridized carbons (Fsp3) is 0.136. The Morgan fingerprint density at radius 1 is 1.21 bits per heavy atom. The number of aromatic nitrogens is 2. The van der Waals surface area contributed by atoms with Gasteiger partial charge in [0.25, 0.3) is 5.91 Å². The minimum atomic E-state index is -0.259. The molecule has 1 aliphatic carbocycles. The first-order valence-corrected chi connectivity index (χ1v) is 10.5. The Balaban J connectivity index is 1.66. The van der Waals surface area contributed by atoms with E-state index >= 15 is 0 Å². The summed E-state index contributed by atoms with van der Waals surface area (Å²) in [6, 6.07) is 11.0. The summed E-state index contributed by atoms with van der Waals surface area (Å²) >= 11 is 7.36. The van der Waals surface area contributed by atoms with Crippen LogP contribution in [0.3, 0.4) is 0 Å². The SMILES string of the molecule is Nc1c(C(=O)Nc2cccc(Cl)c2)sc2nc3c(c(-c4cccnc4)c12)CCC3. The van der Waals surface area contributed by atoms with Gasteiger partial charge in [-0.1, -0.05) is 23.7 Å². The topological polar surface area (TPSA) is 80.9 Å². The highest BCUT2D eigenvalue weighted by Crippen LogP contribution is 2.44. The van der Waals surface area contributed by atoms with Crippen molar-refractivity contribution in [1.82, 2.24) is 9.97 Å². The van der Waals surface area contributed by atoms with Crippen LogP contribution in [-0.2, 0) is 12.8 Å². The van der Waals surface area contributed by atoms with Crippen molar-refractivity contribution in [1.29, 1.82) is 0 Å². The Kier molecular flexibility index (Phi) is 4.45. The average molecular weight is 421 g/mol. The molecule has 0 bridgehead atoms. The summed E-state index contributed by atoms with van der Waals surface area (Å²) in [5.74, 6) is -0.259. The van der Waals surface area contributed by atoms with Gasteiger partial charge in [-0.3, -0.25) is 9.78 Å². The number of nitrogens with zero attached hydrogens (tertiary/aromatic N) is 2. The van der Waals surface area contributed by atoms with Gasteiger partial charge >= 0.3 is 0 Å². The van der Waals surface area contributed by atoms with Crippen LogP contribution in [0.15, 0.2) is 48.8 Å². The predicted molar refractivity (Wildman–Crippen MR) is 119 cm³/mol. The van der Waals surface area contributed by atoms with Gasteiger partial charge in [0.1, 0.15) is 9.71 Å². The van der Waals surface area contributed by atoms with E-state index in [1.807, 2.05) is 18.3 Å². The Morgan fingerprint density at radius 3 is 2.90 bits per heavy atom. The lowest BCUT2D eigenvalue weighted by molar-refractivity contribution is 0.103. The molecule has 7 heteroatoms. The quantitative estimate of drug-likeness (QED) is 0.469. The third kappa shape index (κ3) is 3.14. The molecule has 0 aliphatic heterocycles. The number of anilines is 2. The summed E-state index contributed by atoms with van der Waals surface area (Å²) in [7, 11) is 0. The highest BCUT2D eigenvalue weighted by atomic mass is 35.5. The Hall–Kier alpha value is -2.96. The number of carbonyl (C=O) groups is 1. The normalized spacial score (nSPS) is 12.9. The van der Waals surface area contributed by atoms with Gasteiger partial charge in [-0.15, -0.1) is 11.3 Å². The number of nitrogens with one attached hydrogen (secondary N) is 1. The zero-order valence-electron chi connectivity index (χ0n) is 15.4. The number of thiophene rings is 1. The number of carbonyl (C=O) groups excluding carboxylic acids is 1. The van der Waals surface area contributed by atoms with Crippen molar-refractivity contribution in [2.24, 2.45) is 0 Å². The van der Waals surface area contributed by atoms with E-state index in [4.69, 9.17) is 22.3 Å². The van der Waals surface area contributed by atoms with Crippen LogP contribution in [-0.4, -0.2) is 15.9 Å². The number of aryl methyl sites for hydroxylation is 1. The maximum atomic E-state index is 13.0. The molecule has 144 valence electrons. The summed E-state index contributed by atoms with van der Waals surface area (Å²) in [6.07, 6.45) is 6.58. The molecule has 29 heavy (non-hydrogen) atoms. The molecule has 0 radical (unpaired) electrons. The molecule has 3 N–H and O–H groups in total. The Labute approximate surface area is 176 Å². The van der Waals surface area contributed by atoms with Gasteiger partial charge < -0.3 is 11.1 Å². The summed E-state index contributed by atoms with van der Waals surface area (Å²) in [6.45, 7) is 0. The number of amides is 1. The monoisotopic (exact) mass is 420 g/mol. The number of nitrogens with two attached hydrogens (primary N) is 1. The lowest BCUT2D eigenvalue weighted by Gasteiger charge is -2.11. The second-order valence-corrected chi connectivity index (χ2v) is 8.43. The molecular formula is C22H17ClN4OS. The minimum absolute atomic E-state index is 0.259. The van der Waals surface area contributed by atoms with Crippen LogP contribution in [0.25, 0.3) is 21.3 Å². The Bertz CT molecular complexity index is 1250. The number of rotatable bonds is 3. The van der Waals surface area contributed by atoms with Crippen LogP contribution in [0.2, 0.25) is 5.02 Å². The highest BCUT2D eigenvalue weighted by Gasteiger charge is 2.26. The number of halogens is 1. The first-order valence-electron chi connectivity index (χ1n) is 9.33. The molecule has 3 aromatic heterocycles. The predicted octanol–water partition coefficient (Wildman–Crippen LogP) is 5.33. The van der Waals surface area contributed by atoms with Crippen molar-refractivity contribution in [2.75, 3.05) is 11.1 Å². The zero-order valence-corrected chi connectivity index (χ0v) is 17.0. The molecule has 3 heterocycles. The van der Waals surface area contributed by atoms with E-state index in [0.29, 0.717) is 21.3 Å². The molecule has 0 saturated carbocycles. The standard InChI is InChI=1S/C22H17ClN4OS/c23-13-5-1-6-14(10-13)26-21(28)20-19(24)18-17(12-4-3-9-25-11-12)15-7-2-8-16(15)27-22(18)29-20/h1,3-6,9-11H,2,7-8,24H2,(H,26,28). The van der Waals surface area contributed by atoms with Gasteiger partial charge in [0.05, 0.1) is 5.69 Å². The molecular weight excluding hydrogens is 404 g/mol. The van der Waals surface area contributed by atoms with Gasteiger partial charge in [0, 0.05) is 45.3 Å². The van der Waals surface area contributed by atoms with Crippen molar-refractivity contribution in [2.45, 2.75) is 19.3 Å². The van der Waals surface area contributed by atoms with Crippen molar-refractivity contribution >= 4 is 50.4 Å². The summed E-state index contributed by atoms with van der Waals surface area (Å²) < 4.78 is 0. The summed E-state index contributed by atoms with van der Waals surface area (Å²) in [5.41, 5.74) is 12.0. The van der Waals surface area contributed by atoms with Crippen LogP contribution in [0.1, 0.15) is 27.3 Å². The van der Waals surface area contributed by atoms with Crippen LogP contribution >= 0.6 is 22.9 Å². The van der Waals surface area contributed by atoms with Crippen LogP contribution < -0.4 is 11.1 Å². The molecule has 5 nitrogen and oxygen atoms in total. The maximum absolute atomic E-state index is 13.0. The van der Waals surface area contributed by atoms with Crippen molar-refractivity contribution in [3.05, 3.63) is 69.9 Å². The largest absolute Gasteiger partial charge is 0.397 e. The average Bonchev–Trinajstić information content (AvgIpc) is 3.31. The molecule has 0 saturated heterocycles. The minimum Gasteiger partial charge on any atom is -0.397 e. The smallest absolute Gasteiger partial charge is 0.267 e. The van der Waals surface area contributed by atoms with Gasteiger partial charge in [0.2, 0.25) is 0 Å². The number of fused-ring (bicyclic) bond motifs is 2. The molecule has 1 aliphatic rings. The third-order valence-corrected chi connectivity index (χ3v) is 6.48. The molecule has 5 rings (SSSR count). The van der Waals surface area contributed by atoms with Crippen molar-refractivity contribution in [3.63, 3.8) is 0 Å². The van der Waals surface area contributed by atoms with E-state index in [-0.39, 0.29) is 5.91 Å². The van der Waals surface area contributed by atoms with Crippen LogP contribution in [0.5, 0.6) is 0 Å². The number of benzene rings is 1. The number of hydrogen-bond donors (Lipinski definition) is 2.